The first-order valence-corrected chi connectivity index (χ1v) is 10.8. The maximum atomic E-state index is 13.3. The third kappa shape index (κ3) is 4.05. The summed E-state index contributed by atoms with van der Waals surface area (Å²) in [6.45, 7) is 2.26. The second-order valence-corrected chi connectivity index (χ2v) is 7.73. The highest BCUT2D eigenvalue weighted by atomic mass is 35.5. The van der Waals surface area contributed by atoms with Gasteiger partial charge in [-0.05, 0) is 42.8 Å². The van der Waals surface area contributed by atoms with Crippen LogP contribution in [0.2, 0.25) is 5.02 Å². The molecule has 0 bridgehead atoms. The molecule has 1 amide bonds. The van der Waals surface area contributed by atoms with Crippen LogP contribution in [0.4, 0.5) is 5.69 Å². The van der Waals surface area contributed by atoms with Crippen LogP contribution in [0.5, 0.6) is 11.5 Å². The number of para-hydroxylation sites is 2. The molecule has 1 heterocycles. The van der Waals surface area contributed by atoms with Gasteiger partial charge < -0.3 is 14.6 Å². The van der Waals surface area contributed by atoms with E-state index >= 15 is 0 Å². The molecule has 1 saturated heterocycles. The van der Waals surface area contributed by atoms with Gasteiger partial charge in [-0.2, -0.15) is 0 Å². The highest BCUT2D eigenvalue weighted by molar-refractivity contribution is 6.52. The standard InChI is InChI=1S/C26H22ClNO5/c1-3-33-17-13-14-19(27)18(15-17)24(29)22-23(16-9-5-4-6-10-16)28(26(31)25(22)30)20-11-7-8-12-21(20)32-2/h4-15,23,29H,3H2,1-2H3/b24-22+. The molecule has 1 atom stereocenters. The largest absolute Gasteiger partial charge is 0.507 e. The lowest BCUT2D eigenvalue weighted by Crippen LogP contribution is -2.29. The van der Waals surface area contributed by atoms with Crippen LogP contribution in [-0.2, 0) is 9.59 Å². The number of rotatable bonds is 6. The molecule has 6 nitrogen and oxygen atoms in total. The summed E-state index contributed by atoms with van der Waals surface area (Å²) in [6.07, 6.45) is 0. The number of halogens is 1. The van der Waals surface area contributed by atoms with E-state index in [-0.39, 0.29) is 21.9 Å². The average Bonchev–Trinajstić information content (AvgIpc) is 3.11. The highest BCUT2D eigenvalue weighted by Gasteiger charge is 2.47. The van der Waals surface area contributed by atoms with E-state index in [9.17, 15) is 14.7 Å². The van der Waals surface area contributed by atoms with E-state index in [1.807, 2.05) is 13.0 Å². The number of hydrogen-bond donors (Lipinski definition) is 1. The van der Waals surface area contributed by atoms with Crippen LogP contribution in [0.3, 0.4) is 0 Å². The molecule has 0 aromatic heterocycles. The minimum atomic E-state index is -0.880. The summed E-state index contributed by atoms with van der Waals surface area (Å²) >= 11 is 6.37. The number of nitrogens with zero attached hydrogens (tertiary/aromatic N) is 1. The average molecular weight is 464 g/mol. The fraction of sp³-hybridized carbons (Fsp3) is 0.154. The fourth-order valence-corrected chi connectivity index (χ4v) is 4.15. The number of Topliss-reactive ketones (excluding diaryl/α,β-unsaturated/α-hetero) is 1. The van der Waals surface area contributed by atoms with Crippen LogP contribution in [0.15, 0.2) is 78.4 Å². The normalized spacial score (nSPS) is 17.3. The first-order valence-electron chi connectivity index (χ1n) is 10.4. The van der Waals surface area contributed by atoms with Gasteiger partial charge in [-0.25, -0.2) is 0 Å². The first-order chi connectivity index (χ1) is 16.0. The Morgan fingerprint density at radius 3 is 2.42 bits per heavy atom. The van der Waals surface area contributed by atoms with E-state index in [0.29, 0.717) is 29.4 Å². The molecule has 1 fully saturated rings. The van der Waals surface area contributed by atoms with Crippen LogP contribution in [0.25, 0.3) is 5.76 Å². The Balaban J connectivity index is 1.97. The summed E-state index contributed by atoms with van der Waals surface area (Å²) in [6, 6.07) is 19.9. The summed E-state index contributed by atoms with van der Waals surface area (Å²) in [7, 11) is 1.49. The lowest BCUT2D eigenvalue weighted by Gasteiger charge is -2.26. The number of ether oxygens (including phenoxy) is 2. The lowest BCUT2D eigenvalue weighted by molar-refractivity contribution is -0.132. The molecule has 0 aliphatic carbocycles. The van der Waals surface area contributed by atoms with Crippen molar-refractivity contribution in [3.63, 3.8) is 0 Å². The molecule has 0 radical (unpaired) electrons. The number of hydrogen-bond acceptors (Lipinski definition) is 5. The first kappa shape index (κ1) is 22.4. The molecule has 0 spiro atoms. The van der Waals surface area contributed by atoms with Gasteiger partial charge in [0.25, 0.3) is 11.7 Å². The second-order valence-electron chi connectivity index (χ2n) is 7.33. The van der Waals surface area contributed by atoms with Crippen LogP contribution in [0, 0.1) is 0 Å². The van der Waals surface area contributed by atoms with E-state index in [1.54, 1.807) is 66.7 Å². The Labute approximate surface area is 196 Å². The monoisotopic (exact) mass is 463 g/mol. The SMILES string of the molecule is CCOc1ccc(Cl)c(/C(O)=C2\C(=O)C(=O)N(c3ccccc3OC)C2c2ccccc2)c1. The van der Waals surface area contributed by atoms with Crippen molar-refractivity contribution in [2.24, 2.45) is 0 Å². The van der Waals surface area contributed by atoms with E-state index in [4.69, 9.17) is 21.1 Å². The molecule has 1 N–H and O–H groups in total. The van der Waals surface area contributed by atoms with Crippen LogP contribution in [0.1, 0.15) is 24.1 Å². The zero-order valence-corrected chi connectivity index (χ0v) is 18.9. The number of anilines is 1. The van der Waals surface area contributed by atoms with Crippen molar-refractivity contribution in [3.8, 4) is 11.5 Å². The molecular weight excluding hydrogens is 442 g/mol. The minimum Gasteiger partial charge on any atom is -0.507 e. The van der Waals surface area contributed by atoms with Gasteiger partial charge in [0.15, 0.2) is 0 Å². The summed E-state index contributed by atoms with van der Waals surface area (Å²) in [5, 5.41) is 11.5. The summed E-state index contributed by atoms with van der Waals surface area (Å²) < 4.78 is 11.0. The molecule has 1 aliphatic rings. The number of aliphatic hydroxyl groups is 1. The zero-order chi connectivity index (χ0) is 23.5. The molecule has 33 heavy (non-hydrogen) atoms. The van der Waals surface area contributed by atoms with Crippen molar-refractivity contribution in [1.29, 1.82) is 0 Å². The second kappa shape index (κ2) is 9.38. The van der Waals surface area contributed by atoms with Crippen molar-refractivity contribution in [2.45, 2.75) is 13.0 Å². The highest BCUT2D eigenvalue weighted by Crippen LogP contribution is 2.45. The van der Waals surface area contributed by atoms with Gasteiger partial charge in [0.1, 0.15) is 17.3 Å². The topological polar surface area (TPSA) is 76.1 Å². The van der Waals surface area contributed by atoms with Gasteiger partial charge in [0.2, 0.25) is 0 Å². The Morgan fingerprint density at radius 2 is 1.73 bits per heavy atom. The molecule has 1 aliphatic heterocycles. The quantitative estimate of drug-likeness (QED) is 0.302. The molecule has 0 saturated carbocycles. The number of carbonyl (C=O) groups excluding carboxylic acids is 2. The van der Waals surface area contributed by atoms with Crippen LogP contribution >= 0.6 is 11.6 Å². The maximum absolute atomic E-state index is 13.3. The van der Waals surface area contributed by atoms with Gasteiger partial charge in [-0.15, -0.1) is 0 Å². The molecule has 4 rings (SSSR count). The maximum Gasteiger partial charge on any atom is 0.300 e. The molecule has 7 heteroatoms. The van der Waals surface area contributed by atoms with Gasteiger partial charge in [-0.3, -0.25) is 14.5 Å². The minimum absolute atomic E-state index is 0.0624. The van der Waals surface area contributed by atoms with Crippen molar-refractivity contribution in [1.82, 2.24) is 0 Å². The van der Waals surface area contributed by atoms with Gasteiger partial charge in [0.05, 0.1) is 36.0 Å². The number of carbonyl (C=O) groups is 2. The molecule has 168 valence electrons. The zero-order valence-electron chi connectivity index (χ0n) is 18.1. The Hall–Kier alpha value is -3.77. The fourth-order valence-electron chi connectivity index (χ4n) is 3.95. The van der Waals surface area contributed by atoms with Crippen molar-refractivity contribution < 1.29 is 24.2 Å². The predicted octanol–water partition coefficient (Wildman–Crippen LogP) is 5.37. The number of benzene rings is 3. The number of amides is 1. The van der Waals surface area contributed by atoms with Gasteiger partial charge >= 0.3 is 0 Å². The molecular formula is C26H22ClNO5. The van der Waals surface area contributed by atoms with Crippen molar-refractivity contribution in [2.75, 3.05) is 18.6 Å². The van der Waals surface area contributed by atoms with Gasteiger partial charge in [0, 0.05) is 5.56 Å². The van der Waals surface area contributed by atoms with E-state index in [2.05, 4.69) is 0 Å². The third-order valence-corrected chi connectivity index (χ3v) is 5.74. The van der Waals surface area contributed by atoms with Gasteiger partial charge in [-0.1, -0.05) is 54.1 Å². The predicted molar refractivity (Wildman–Crippen MR) is 127 cm³/mol. The lowest BCUT2D eigenvalue weighted by atomic mass is 9.95. The van der Waals surface area contributed by atoms with Crippen molar-refractivity contribution >= 4 is 34.7 Å². The summed E-state index contributed by atoms with van der Waals surface area (Å²) in [5.41, 5.74) is 1.22. The summed E-state index contributed by atoms with van der Waals surface area (Å²) in [5.74, 6) is -1.04. The van der Waals surface area contributed by atoms with Crippen LogP contribution < -0.4 is 14.4 Å². The molecule has 3 aromatic carbocycles. The third-order valence-electron chi connectivity index (χ3n) is 5.41. The Bertz CT molecular complexity index is 1240. The molecule has 3 aromatic rings. The Kier molecular flexibility index (Phi) is 6.38. The van der Waals surface area contributed by atoms with E-state index in [0.717, 1.165) is 0 Å². The molecule has 1 unspecified atom stereocenters. The number of aliphatic hydroxyl groups excluding tert-OH is 1. The van der Waals surface area contributed by atoms with Crippen LogP contribution in [-0.4, -0.2) is 30.5 Å². The Morgan fingerprint density at radius 1 is 1.03 bits per heavy atom. The number of ketones is 1. The number of methoxy groups -OCH3 is 1. The van der Waals surface area contributed by atoms with E-state index in [1.165, 1.54) is 12.0 Å². The summed E-state index contributed by atoms with van der Waals surface area (Å²) in [4.78, 5) is 27.9. The van der Waals surface area contributed by atoms with Crippen molar-refractivity contribution in [3.05, 3.63) is 94.5 Å². The smallest absolute Gasteiger partial charge is 0.300 e. The van der Waals surface area contributed by atoms with E-state index < -0.39 is 17.7 Å².